The van der Waals surface area contributed by atoms with Crippen LogP contribution in [0, 0.1) is 0 Å². The molecule has 0 aliphatic rings. The van der Waals surface area contributed by atoms with Gasteiger partial charge in [-0.1, -0.05) is 6.07 Å². The molecule has 0 bridgehead atoms. The van der Waals surface area contributed by atoms with Gasteiger partial charge in [0.15, 0.2) is 0 Å². The van der Waals surface area contributed by atoms with E-state index in [-0.39, 0.29) is 12.0 Å². The van der Waals surface area contributed by atoms with Crippen LogP contribution in [0.25, 0.3) is 0 Å². The van der Waals surface area contributed by atoms with E-state index in [2.05, 4.69) is 47.3 Å². The zero-order valence-electron chi connectivity index (χ0n) is 7.37. The average Bonchev–Trinajstić information content (AvgIpc) is 2.58. The van der Waals surface area contributed by atoms with Crippen LogP contribution in [0.4, 0.5) is 17.7 Å². The Labute approximate surface area is 102 Å². The van der Waals surface area contributed by atoms with Gasteiger partial charge in [-0.05, 0) is 49.1 Å². The van der Waals surface area contributed by atoms with Crippen molar-refractivity contribution in [3.05, 3.63) is 27.1 Å². The fourth-order valence-electron chi connectivity index (χ4n) is 1.01. The number of rotatable bonds is 2. The van der Waals surface area contributed by atoms with Gasteiger partial charge in [0.1, 0.15) is 0 Å². The monoisotopic (exact) mass is 332 g/mol. The van der Waals surface area contributed by atoms with Crippen LogP contribution in [-0.4, -0.2) is 10.1 Å². The van der Waals surface area contributed by atoms with Crippen molar-refractivity contribution >= 4 is 49.5 Å². The second kappa shape index (κ2) is 4.19. The van der Waals surface area contributed by atoms with E-state index < -0.39 is 0 Å². The minimum Gasteiger partial charge on any atom is -0.365 e. The molecule has 0 aliphatic heterocycles. The molecule has 0 atom stereocenters. The summed E-state index contributed by atoms with van der Waals surface area (Å²) in [6.07, 6.45) is 0. The maximum absolute atomic E-state index is 5.33. The number of nitrogen functional groups attached to an aromatic ring is 1. The zero-order valence-corrected chi connectivity index (χ0v) is 10.5. The van der Waals surface area contributed by atoms with E-state index in [0.29, 0.717) is 0 Å². The average molecular weight is 334 g/mol. The van der Waals surface area contributed by atoms with E-state index in [4.69, 9.17) is 10.3 Å². The maximum atomic E-state index is 5.33. The van der Waals surface area contributed by atoms with Gasteiger partial charge < -0.3 is 15.6 Å². The molecule has 1 aromatic carbocycles. The van der Waals surface area contributed by atoms with Gasteiger partial charge >= 0.3 is 6.01 Å². The van der Waals surface area contributed by atoms with E-state index in [0.717, 1.165) is 14.6 Å². The molecule has 7 heteroatoms. The van der Waals surface area contributed by atoms with Gasteiger partial charge in [0.05, 0.1) is 5.69 Å². The zero-order chi connectivity index (χ0) is 10.8. The number of anilines is 3. The molecule has 0 fully saturated rings. The van der Waals surface area contributed by atoms with E-state index in [9.17, 15) is 0 Å². The summed E-state index contributed by atoms with van der Waals surface area (Å²) in [6, 6.07) is 5.95. The first-order valence-electron chi connectivity index (χ1n) is 3.97. The van der Waals surface area contributed by atoms with Gasteiger partial charge in [-0.3, -0.25) is 0 Å². The SMILES string of the molecule is Nc1noc(Nc2c(Br)cccc2Br)n1. The van der Waals surface area contributed by atoms with Crippen LogP contribution >= 0.6 is 31.9 Å². The first-order valence-corrected chi connectivity index (χ1v) is 5.55. The summed E-state index contributed by atoms with van der Waals surface area (Å²) in [5, 5.41) is 6.42. The Hall–Kier alpha value is -1.08. The number of nitrogens with two attached hydrogens (primary N) is 1. The molecule has 3 N–H and O–H groups in total. The van der Waals surface area contributed by atoms with Gasteiger partial charge in [-0.15, -0.1) is 0 Å². The third-order valence-electron chi connectivity index (χ3n) is 1.64. The van der Waals surface area contributed by atoms with E-state index in [1.807, 2.05) is 18.2 Å². The smallest absolute Gasteiger partial charge is 0.327 e. The molecule has 15 heavy (non-hydrogen) atoms. The number of aromatic nitrogens is 2. The molecule has 0 radical (unpaired) electrons. The van der Waals surface area contributed by atoms with Gasteiger partial charge in [0.2, 0.25) is 0 Å². The first-order chi connectivity index (χ1) is 7.16. The Morgan fingerprint density at radius 1 is 1.27 bits per heavy atom. The number of para-hydroxylation sites is 1. The predicted molar refractivity (Wildman–Crippen MR) is 63.8 cm³/mol. The van der Waals surface area contributed by atoms with E-state index >= 15 is 0 Å². The van der Waals surface area contributed by atoms with Gasteiger partial charge in [-0.2, -0.15) is 4.98 Å². The van der Waals surface area contributed by atoms with E-state index in [1.165, 1.54) is 0 Å². The molecule has 2 rings (SSSR count). The third-order valence-corrected chi connectivity index (χ3v) is 2.96. The van der Waals surface area contributed by atoms with Crippen molar-refractivity contribution < 1.29 is 4.52 Å². The highest BCUT2D eigenvalue weighted by Gasteiger charge is 2.08. The van der Waals surface area contributed by atoms with Crippen LogP contribution in [0.15, 0.2) is 31.7 Å². The highest BCUT2D eigenvalue weighted by Crippen LogP contribution is 2.32. The van der Waals surface area contributed by atoms with Crippen molar-refractivity contribution in [3.63, 3.8) is 0 Å². The summed E-state index contributed by atoms with van der Waals surface area (Å²) < 4.78 is 6.61. The Bertz CT molecular complexity index is 465. The van der Waals surface area contributed by atoms with Crippen molar-refractivity contribution in [2.75, 3.05) is 11.1 Å². The van der Waals surface area contributed by atoms with Crippen LogP contribution in [0.3, 0.4) is 0 Å². The number of hydrogen-bond donors (Lipinski definition) is 2. The molecule has 1 aromatic heterocycles. The van der Waals surface area contributed by atoms with Crippen LogP contribution < -0.4 is 11.1 Å². The number of benzene rings is 1. The van der Waals surface area contributed by atoms with Crippen molar-refractivity contribution in [1.29, 1.82) is 0 Å². The largest absolute Gasteiger partial charge is 0.365 e. The molecule has 1 heterocycles. The molecule has 78 valence electrons. The van der Waals surface area contributed by atoms with Crippen LogP contribution in [0.5, 0.6) is 0 Å². The molecular formula is C8H6Br2N4O. The van der Waals surface area contributed by atoms with Crippen molar-refractivity contribution in [2.24, 2.45) is 0 Å². The molecular weight excluding hydrogens is 328 g/mol. The quantitative estimate of drug-likeness (QED) is 0.883. The fourth-order valence-corrected chi connectivity index (χ4v) is 2.21. The molecule has 0 aliphatic carbocycles. The summed E-state index contributed by atoms with van der Waals surface area (Å²) in [5.41, 5.74) is 6.14. The summed E-state index contributed by atoms with van der Waals surface area (Å²) >= 11 is 6.80. The topological polar surface area (TPSA) is 77.0 Å². The van der Waals surface area contributed by atoms with Gasteiger partial charge in [0, 0.05) is 8.95 Å². The lowest BCUT2D eigenvalue weighted by molar-refractivity contribution is 0.436. The molecule has 0 saturated heterocycles. The number of halogens is 2. The number of nitrogens with one attached hydrogen (secondary N) is 1. The lowest BCUT2D eigenvalue weighted by atomic mass is 10.3. The second-order valence-corrected chi connectivity index (χ2v) is 4.39. The molecule has 0 amide bonds. The molecule has 0 spiro atoms. The lowest BCUT2D eigenvalue weighted by Crippen LogP contribution is -1.93. The Morgan fingerprint density at radius 2 is 1.93 bits per heavy atom. The van der Waals surface area contributed by atoms with Crippen molar-refractivity contribution in [1.82, 2.24) is 10.1 Å². The summed E-state index contributed by atoms with van der Waals surface area (Å²) in [6.45, 7) is 0. The van der Waals surface area contributed by atoms with Crippen molar-refractivity contribution in [3.8, 4) is 0 Å². The maximum Gasteiger partial charge on any atom is 0.327 e. The lowest BCUT2D eigenvalue weighted by Gasteiger charge is -2.05. The number of hydrogen-bond acceptors (Lipinski definition) is 5. The fraction of sp³-hybridized carbons (Fsp3) is 0. The summed E-state index contributed by atoms with van der Waals surface area (Å²) in [7, 11) is 0. The van der Waals surface area contributed by atoms with Crippen LogP contribution in [-0.2, 0) is 0 Å². The number of nitrogens with zero attached hydrogens (tertiary/aromatic N) is 2. The Balaban J connectivity index is 2.31. The second-order valence-electron chi connectivity index (χ2n) is 2.68. The van der Waals surface area contributed by atoms with Crippen LogP contribution in [0.1, 0.15) is 0 Å². The van der Waals surface area contributed by atoms with Crippen molar-refractivity contribution in [2.45, 2.75) is 0 Å². The van der Waals surface area contributed by atoms with E-state index in [1.54, 1.807) is 0 Å². The minimum atomic E-state index is 0.0978. The molecule has 0 saturated carbocycles. The predicted octanol–water partition coefficient (Wildman–Crippen LogP) is 2.92. The third kappa shape index (κ3) is 2.29. The highest BCUT2D eigenvalue weighted by molar-refractivity contribution is 9.11. The standard InChI is InChI=1S/C8H6Br2N4O/c9-4-2-1-3-5(10)6(4)12-8-13-7(11)14-15-8/h1-3H,(H3,11,12,13,14). The molecule has 2 aromatic rings. The molecule has 5 nitrogen and oxygen atoms in total. The highest BCUT2D eigenvalue weighted by atomic mass is 79.9. The molecule has 0 unspecified atom stereocenters. The minimum absolute atomic E-state index is 0.0978. The van der Waals surface area contributed by atoms with Crippen LogP contribution in [0.2, 0.25) is 0 Å². The summed E-state index contributed by atoms with van der Waals surface area (Å²) in [4.78, 5) is 3.84. The Morgan fingerprint density at radius 3 is 2.47 bits per heavy atom. The first kappa shape index (κ1) is 10.4. The Kier molecular flexibility index (Phi) is 2.92. The van der Waals surface area contributed by atoms with Gasteiger partial charge in [-0.25, -0.2) is 0 Å². The van der Waals surface area contributed by atoms with Gasteiger partial charge in [0.25, 0.3) is 5.95 Å². The summed E-state index contributed by atoms with van der Waals surface area (Å²) in [5.74, 6) is 0.0978. The normalized spacial score (nSPS) is 10.3.